The fraction of sp³-hybridized carbons (Fsp3) is 0.267. The molecule has 4 heteroatoms. The Balaban J connectivity index is 1.96. The van der Waals surface area contributed by atoms with Crippen LogP contribution in [0.25, 0.3) is 0 Å². The van der Waals surface area contributed by atoms with Gasteiger partial charge in [-0.05, 0) is 55.2 Å². The van der Waals surface area contributed by atoms with Crippen LogP contribution in [0.1, 0.15) is 16.7 Å². The summed E-state index contributed by atoms with van der Waals surface area (Å²) in [6.07, 6.45) is 2.67. The second-order valence-corrected chi connectivity index (χ2v) is 5.59. The number of aromatic nitrogens is 1. The van der Waals surface area contributed by atoms with Crippen LogP contribution in [-0.4, -0.2) is 11.5 Å². The van der Waals surface area contributed by atoms with E-state index < -0.39 is 0 Å². The van der Waals surface area contributed by atoms with E-state index >= 15 is 0 Å². The van der Waals surface area contributed by atoms with Crippen molar-refractivity contribution in [3.8, 4) is 0 Å². The number of hydrogen-bond donors (Lipinski definition) is 2. The molecule has 2 rings (SSSR count). The van der Waals surface area contributed by atoms with Gasteiger partial charge in [-0.3, -0.25) is 0 Å². The van der Waals surface area contributed by atoms with Gasteiger partial charge in [0, 0.05) is 11.0 Å². The van der Waals surface area contributed by atoms with E-state index in [9.17, 15) is 0 Å². The smallest absolute Gasteiger partial charge is 0.126 e. The maximum atomic E-state index is 5.75. The summed E-state index contributed by atoms with van der Waals surface area (Å²) >= 11 is 3.50. The summed E-state index contributed by atoms with van der Waals surface area (Å²) in [6.45, 7) is 4.97. The molecule has 0 aliphatic carbocycles. The second-order valence-electron chi connectivity index (χ2n) is 4.67. The number of nitrogens with zero attached hydrogens (tertiary/aromatic N) is 1. The summed E-state index contributed by atoms with van der Waals surface area (Å²) < 4.78 is 1.12. The van der Waals surface area contributed by atoms with Gasteiger partial charge in [0.25, 0.3) is 0 Å². The Morgan fingerprint density at radius 1 is 1.21 bits per heavy atom. The number of anilines is 2. The topological polar surface area (TPSA) is 50.9 Å². The highest BCUT2D eigenvalue weighted by Crippen LogP contribution is 2.17. The molecule has 0 radical (unpaired) electrons. The lowest BCUT2D eigenvalue weighted by atomic mass is 10.1. The fourth-order valence-corrected chi connectivity index (χ4v) is 2.31. The fourth-order valence-electron chi connectivity index (χ4n) is 1.90. The molecule has 0 spiro atoms. The lowest BCUT2D eigenvalue weighted by Crippen LogP contribution is -2.07. The quantitative estimate of drug-likeness (QED) is 0.903. The minimum absolute atomic E-state index is 0.730. The first-order valence-corrected chi connectivity index (χ1v) is 7.06. The third-order valence-electron chi connectivity index (χ3n) is 3.16. The van der Waals surface area contributed by atoms with Crippen LogP contribution in [0.2, 0.25) is 0 Å². The van der Waals surface area contributed by atoms with E-state index in [4.69, 9.17) is 5.73 Å². The standard InChI is InChI=1S/C15H18BrN3/c1-10-3-4-13(16)8-12(10)5-6-18-15-7-11(2)14(17)9-19-15/h3-4,7-9H,5-6,17H2,1-2H3,(H,18,19). The molecule has 19 heavy (non-hydrogen) atoms. The highest BCUT2D eigenvalue weighted by molar-refractivity contribution is 9.10. The van der Waals surface area contributed by atoms with Gasteiger partial charge >= 0.3 is 0 Å². The molecule has 100 valence electrons. The molecule has 0 unspecified atom stereocenters. The monoisotopic (exact) mass is 319 g/mol. The Labute approximate surface area is 122 Å². The average Bonchev–Trinajstić information content (AvgIpc) is 2.38. The Morgan fingerprint density at radius 2 is 2.00 bits per heavy atom. The zero-order valence-corrected chi connectivity index (χ0v) is 12.8. The summed E-state index contributed by atoms with van der Waals surface area (Å²) in [5.74, 6) is 0.874. The molecule has 1 aromatic carbocycles. The van der Waals surface area contributed by atoms with Gasteiger partial charge in [-0.25, -0.2) is 4.98 Å². The summed E-state index contributed by atoms with van der Waals surface area (Å²) in [7, 11) is 0. The Kier molecular flexibility index (Phi) is 4.43. The maximum Gasteiger partial charge on any atom is 0.126 e. The van der Waals surface area contributed by atoms with Gasteiger partial charge in [0.05, 0.1) is 11.9 Å². The second kappa shape index (κ2) is 6.06. The first-order valence-electron chi connectivity index (χ1n) is 6.27. The number of pyridine rings is 1. The van der Waals surface area contributed by atoms with Crippen molar-refractivity contribution in [1.29, 1.82) is 0 Å². The molecule has 0 saturated carbocycles. The van der Waals surface area contributed by atoms with Crippen molar-refractivity contribution in [3.05, 3.63) is 51.6 Å². The van der Waals surface area contributed by atoms with E-state index in [2.05, 4.69) is 51.4 Å². The lowest BCUT2D eigenvalue weighted by Gasteiger charge is -2.09. The molecular weight excluding hydrogens is 302 g/mol. The molecule has 1 heterocycles. The molecular formula is C15H18BrN3. The number of nitrogen functional groups attached to an aromatic ring is 1. The molecule has 2 aromatic rings. The average molecular weight is 320 g/mol. The van der Waals surface area contributed by atoms with Gasteiger partial charge in [0.15, 0.2) is 0 Å². The summed E-state index contributed by atoms with van der Waals surface area (Å²) in [5, 5.41) is 3.33. The van der Waals surface area contributed by atoms with Crippen molar-refractivity contribution < 1.29 is 0 Å². The maximum absolute atomic E-state index is 5.75. The third kappa shape index (κ3) is 3.70. The minimum atomic E-state index is 0.730. The van der Waals surface area contributed by atoms with Crippen LogP contribution in [0, 0.1) is 13.8 Å². The van der Waals surface area contributed by atoms with E-state index in [1.807, 2.05) is 13.0 Å². The highest BCUT2D eigenvalue weighted by atomic mass is 79.9. The van der Waals surface area contributed by atoms with Gasteiger partial charge < -0.3 is 11.1 Å². The SMILES string of the molecule is Cc1cc(NCCc2cc(Br)ccc2C)ncc1N. The summed E-state index contributed by atoms with van der Waals surface area (Å²) in [5.41, 5.74) is 10.2. The summed E-state index contributed by atoms with van der Waals surface area (Å²) in [4.78, 5) is 4.26. The van der Waals surface area contributed by atoms with Crippen LogP contribution in [0.4, 0.5) is 11.5 Å². The number of nitrogens with two attached hydrogens (primary N) is 1. The molecule has 0 bridgehead atoms. The van der Waals surface area contributed by atoms with Gasteiger partial charge in [0.1, 0.15) is 5.82 Å². The molecule has 0 fully saturated rings. The van der Waals surface area contributed by atoms with E-state index in [1.54, 1.807) is 6.20 Å². The van der Waals surface area contributed by atoms with Crippen molar-refractivity contribution in [2.24, 2.45) is 0 Å². The Hall–Kier alpha value is -1.55. The molecule has 0 amide bonds. The number of halogens is 1. The van der Waals surface area contributed by atoms with Gasteiger partial charge in [-0.2, -0.15) is 0 Å². The van der Waals surface area contributed by atoms with Crippen LogP contribution in [-0.2, 0) is 6.42 Å². The molecule has 3 nitrogen and oxygen atoms in total. The van der Waals surface area contributed by atoms with Crippen molar-refractivity contribution in [2.45, 2.75) is 20.3 Å². The van der Waals surface area contributed by atoms with Gasteiger partial charge in [-0.15, -0.1) is 0 Å². The molecule has 1 aromatic heterocycles. The zero-order chi connectivity index (χ0) is 13.8. The van der Waals surface area contributed by atoms with Crippen LogP contribution >= 0.6 is 15.9 Å². The van der Waals surface area contributed by atoms with E-state index in [0.717, 1.165) is 34.5 Å². The van der Waals surface area contributed by atoms with Gasteiger partial charge in [-0.1, -0.05) is 22.0 Å². The third-order valence-corrected chi connectivity index (χ3v) is 3.66. The van der Waals surface area contributed by atoms with Crippen molar-refractivity contribution in [2.75, 3.05) is 17.6 Å². The van der Waals surface area contributed by atoms with Crippen LogP contribution in [0.3, 0.4) is 0 Å². The zero-order valence-electron chi connectivity index (χ0n) is 11.2. The van der Waals surface area contributed by atoms with Crippen molar-refractivity contribution in [3.63, 3.8) is 0 Å². The van der Waals surface area contributed by atoms with E-state index in [0.29, 0.717) is 0 Å². The Morgan fingerprint density at radius 3 is 2.74 bits per heavy atom. The summed E-state index contributed by atoms with van der Waals surface area (Å²) in [6, 6.07) is 8.34. The number of benzene rings is 1. The first-order chi connectivity index (χ1) is 9.06. The number of nitrogens with one attached hydrogen (secondary N) is 1. The molecule has 0 aliphatic heterocycles. The van der Waals surface area contributed by atoms with Crippen LogP contribution < -0.4 is 11.1 Å². The van der Waals surface area contributed by atoms with E-state index in [1.165, 1.54) is 11.1 Å². The van der Waals surface area contributed by atoms with Crippen molar-refractivity contribution >= 4 is 27.4 Å². The number of hydrogen-bond acceptors (Lipinski definition) is 3. The molecule has 0 atom stereocenters. The number of aryl methyl sites for hydroxylation is 2. The minimum Gasteiger partial charge on any atom is -0.397 e. The van der Waals surface area contributed by atoms with E-state index in [-0.39, 0.29) is 0 Å². The normalized spacial score (nSPS) is 10.5. The first kappa shape index (κ1) is 13.9. The Bertz CT molecular complexity index is 582. The van der Waals surface area contributed by atoms with Gasteiger partial charge in [0.2, 0.25) is 0 Å². The molecule has 0 aliphatic rings. The van der Waals surface area contributed by atoms with Crippen LogP contribution in [0.5, 0.6) is 0 Å². The number of rotatable bonds is 4. The van der Waals surface area contributed by atoms with Crippen LogP contribution in [0.15, 0.2) is 34.9 Å². The molecule has 0 saturated heterocycles. The largest absolute Gasteiger partial charge is 0.397 e. The molecule has 3 N–H and O–H groups in total. The predicted molar refractivity (Wildman–Crippen MR) is 84.5 cm³/mol. The van der Waals surface area contributed by atoms with Crippen molar-refractivity contribution in [1.82, 2.24) is 4.98 Å². The highest BCUT2D eigenvalue weighted by Gasteiger charge is 2.01. The lowest BCUT2D eigenvalue weighted by molar-refractivity contribution is 0.991. The predicted octanol–water partition coefficient (Wildman–Crippen LogP) is 3.70.